The molecule has 0 bridgehead atoms. The van der Waals surface area contributed by atoms with Crippen LogP contribution in [0.5, 0.6) is 0 Å². The van der Waals surface area contributed by atoms with Gasteiger partial charge in [0.25, 0.3) is 0 Å². The maximum Gasteiger partial charge on any atom is 0.159 e. The number of rotatable bonds is 4. The smallest absolute Gasteiger partial charge is 0.159 e. The molecule has 0 fully saturated rings. The topological polar surface area (TPSA) is 12.9 Å². The molecule has 0 saturated carbocycles. The summed E-state index contributed by atoms with van der Waals surface area (Å²) in [6.45, 7) is 0. The first-order valence-corrected chi connectivity index (χ1v) is 8.58. The fourth-order valence-electron chi connectivity index (χ4n) is 1.62. The van der Waals surface area contributed by atoms with E-state index < -0.39 is 11.6 Å². The van der Waals surface area contributed by atoms with Crippen LogP contribution in [0.25, 0.3) is 10.6 Å². The van der Waals surface area contributed by atoms with Gasteiger partial charge in [-0.25, -0.2) is 13.8 Å². The quantitative estimate of drug-likeness (QED) is 0.592. The van der Waals surface area contributed by atoms with Gasteiger partial charge in [0.15, 0.2) is 11.6 Å². The molecule has 0 aliphatic rings. The zero-order valence-electron chi connectivity index (χ0n) is 10.2. The molecule has 3 aromatic rings. The molecule has 2 heterocycles. The minimum absolute atomic E-state index is 0.645. The van der Waals surface area contributed by atoms with Gasteiger partial charge in [-0.3, -0.25) is 0 Å². The van der Waals surface area contributed by atoms with E-state index in [-0.39, 0.29) is 0 Å². The predicted molar refractivity (Wildman–Crippen MR) is 81.3 cm³/mol. The first kappa shape index (κ1) is 13.7. The van der Waals surface area contributed by atoms with Crippen LogP contribution in [0.4, 0.5) is 8.78 Å². The number of hydrogen-bond acceptors (Lipinski definition) is 4. The van der Waals surface area contributed by atoms with Crippen molar-refractivity contribution in [3.63, 3.8) is 0 Å². The molecule has 6 heteroatoms. The van der Waals surface area contributed by atoms with Crippen LogP contribution in [0.3, 0.4) is 0 Å². The van der Waals surface area contributed by atoms with Crippen LogP contribution in [0.2, 0.25) is 0 Å². The molecule has 0 radical (unpaired) electrons. The third-order valence-electron chi connectivity index (χ3n) is 2.60. The molecule has 0 N–H and O–H groups in total. The Morgan fingerprint density at radius 1 is 1.10 bits per heavy atom. The lowest BCUT2D eigenvalue weighted by molar-refractivity contribution is 0.506. The van der Waals surface area contributed by atoms with Crippen molar-refractivity contribution in [2.24, 2.45) is 0 Å². The number of thioether (sulfide) groups is 1. The highest BCUT2D eigenvalue weighted by molar-refractivity contribution is 7.98. The lowest BCUT2D eigenvalue weighted by atomic mass is 10.3. The van der Waals surface area contributed by atoms with E-state index in [1.165, 1.54) is 17.8 Å². The van der Waals surface area contributed by atoms with Crippen molar-refractivity contribution in [3.05, 3.63) is 57.7 Å². The SMILES string of the molecule is Fc1ccc(SCc2csc(-c3ccsc3)n2)cc1F. The second-order valence-electron chi connectivity index (χ2n) is 4.02. The molecular weight excluding hydrogens is 316 g/mol. The fourth-order valence-corrected chi connectivity index (χ4v) is 4.07. The van der Waals surface area contributed by atoms with Gasteiger partial charge in [0.05, 0.1) is 5.69 Å². The Hall–Kier alpha value is -1.24. The number of thiophene rings is 1. The maximum absolute atomic E-state index is 13.1. The second-order valence-corrected chi connectivity index (χ2v) is 6.71. The highest BCUT2D eigenvalue weighted by Crippen LogP contribution is 2.29. The molecule has 0 aliphatic carbocycles. The number of nitrogens with zero attached hydrogens (tertiary/aromatic N) is 1. The van der Waals surface area contributed by atoms with Gasteiger partial charge in [0.1, 0.15) is 5.01 Å². The largest absolute Gasteiger partial charge is 0.240 e. The predicted octanol–water partition coefficient (Wildman–Crippen LogP) is 5.44. The van der Waals surface area contributed by atoms with E-state index in [0.717, 1.165) is 22.3 Å². The molecular formula is C14H9F2NS3. The lowest BCUT2D eigenvalue weighted by Crippen LogP contribution is -1.85. The third kappa shape index (κ3) is 3.08. The van der Waals surface area contributed by atoms with Crippen LogP contribution >= 0.6 is 34.4 Å². The minimum Gasteiger partial charge on any atom is -0.240 e. The van der Waals surface area contributed by atoms with Crippen molar-refractivity contribution in [2.45, 2.75) is 10.6 Å². The third-order valence-corrected chi connectivity index (χ3v) is 5.25. The normalized spacial score (nSPS) is 10.9. The van der Waals surface area contributed by atoms with Gasteiger partial charge in [0.2, 0.25) is 0 Å². The molecule has 102 valence electrons. The monoisotopic (exact) mass is 325 g/mol. The van der Waals surface area contributed by atoms with Crippen molar-refractivity contribution in [1.82, 2.24) is 4.98 Å². The summed E-state index contributed by atoms with van der Waals surface area (Å²) < 4.78 is 25.9. The summed E-state index contributed by atoms with van der Waals surface area (Å²) in [6, 6.07) is 5.98. The van der Waals surface area contributed by atoms with E-state index in [9.17, 15) is 8.78 Å². The lowest BCUT2D eigenvalue weighted by Gasteiger charge is -2.00. The Morgan fingerprint density at radius 3 is 2.75 bits per heavy atom. The van der Waals surface area contributed by atoms with Crippen LogP contribution in [0.15, 0.2) is 45.3 Å². The molecule has 0 saturated heterocycles. The zero-order valence-corrected chi connectivity index (χ0v) is 12.6. The van der Waals surface area contributed by atoms with E-state index in [2.05, 4.69) is 10.4 Å². The van der Waals surface area contributed by atoms with E-state index in [4.69, 9.17) is 0 Å². The average molecular weight is 325 g/mol. The van der Waals surface area contributed by atoms with Gasteiger partial charge in [-0.2, -0.15) is 11.3 Å². The van der Waals surface area contributed by atoms with Crippen molar-refractivity contribution < 1.29 is 8.78 Å². The number of aromatic nitrogens is 1. The first-order chi connectivity index (χ1) is 9.72. The minimum atomic E-state index is -0.817. The van der Waals surface area contributed by atoms with E-state index in [0.29, 0.717) is 10.6 Å². The standard InChI is InChI=1S/C14H9F2NS3/c15-12-2-1-11(5-13(12)16)19-7-10-8-20-14(17-10)9-3-4-18-6-9/h1-6,8H,7H2. The van der Waals surface area contributed by atoms with Crippen molar-refractivity contribution in [3.8, 4) is 10.6 Å². The first-order valence-electron chi connectivity index (χ1n) is 5.77. The molecule has 1 nitrogen and oxygen atoms in total. The number of thiazole rings is 1. The Kier molecular flexibility index (Phi) is 4.14. The molecule has 0 unspecified atom stereocenters. The van der Waals surface area contributed by atoms with Gasteiger partial charge in [-0.1, -0.05) is 0 Å². The van der Waals surface area contributed by atoms with Gasteiger partial charge in [-0.05, 0) is 29.6 Å². The van der Waals surface area contributed by atoms with Crippen LogP contribution in [0, 0.1) is 11.6 Å². The Bertz CT molecular complexity index is 707. The summed E-state index contributed by atoms with van der Waals surface area (Å²) in [5.41, 5.74) is 2.08. The van der Waals surface area contributed by atoms with Crippen molar-refractivity contribution >= 4 is 34.4 Å². The Labute approximate surface area is 127 Å². The van der Waals surface area contributed by atoms with E-state index in [1.54, 1.807) is 28.7 Å². The summed E-state index contributed by atoms with van der Waals surface area (Å²) in [7, 11) is 0. The van der Waals surface area contributed by atoms with Crippen molar-refractivity contribution in [2.75, 3.05) is 0 Å². The van der Waals surface area contributed by atoms with Crippen molar-refractivity contribution in [1.29, 1.82) is 0 Å². The molecule has 0 amide bonds. The molecule has 1 aromatic carbocycles. The van der Waals surface area contributed by atoms with Gasteiger partial charge >= 0.3 is 0 Å². The molecule has 0 atom stereocenters. The molecule has 20 heavy (non-hydrogen) atoms. The summed E-state index contributed by atoms with van der Waals surface area (Å²) in [5.74, 6) is -0.985. The summed E-state index contributed by atoms with van der Waals surface area (Å²) in [4.78, 5) is 5.25. The van der Waals surface area contributed by atoms with Crippen LogP contribution in [-0.4, -0.2) is 4.98 Å². The molecule has 0 aliphatic heterocycles. The van der Waals surface area contributed by atoms with E-state index >= 15 is 0 Å². The summed E-state index contributed by atoms with van der Waals surface area (Å²) >= 11 is 4.68. The average Bonchev–Trinajstić information content (AvgIpc) is 3.09. The Balaban J connectivity index is 1.68. The Morgan fingerprint density at radius 2 is 2.00 bits per heavy atom. The zero-order chi connectivity index (χ0) is 13.9. The summed E-state index contributed by atoms with van der Waals surface area (Å²) in [6.07, 6.45) is 0. The number of hydrogen-bond donors (Lipinski definition) is 0. The number of halogens is 2. The van der Waals surface area contributed by atoms with Gasteiger partial charge in [0, 0.05) is 27.0 Å². The highest BCUT2D eigenvalue weighted by atomic mass is 32.2. The van der Waals surface area contributed by atoms with Gasteiger partial charge < -0.3 is 0 Å². The highest BCUT2D eigenvalue weighted by Gasteiger charge is 2.07. The number of benzene rings is 1. The van der Waals surface area contributed by atoms with Crippen LogP contribution < -0.4 is 0 Å². The maximum atomic E-state index is 13.1. The van der Waals surface area contributed by atoms with Crippen LogP contribution in [-0.2, 0) is 5.75 Å². The van der Waals surface area contributed by atoms with Gasteiger partial charge in [-0.15, -0.1) is 23.1 Å². The fraction of sp³-hybridized carbons (Fsp3) is 0.0714. The summed E-state index contributed by atoms with van der Waals surface area (Å²) in [5, 5.41) is 7.07. The molecule has 2 aromatic heterocycles. The molecule has 3 rings (SSSR count). The molecule has 0 spiro atoms. The van der Waals surface area contributed by atoms with E-state index in [1.807, 2.05) is 16.8 Å². The van der Waals surface area contributed by atoms with Crippen LogP contribution in [0.1, 0.15) is 5.69 Å². The second kappa shape index (κ2) is 6.03.